The molecule has 0 atom stereocenters. The van der Waals surface area contributed by atoms with Crippen molar-refractivity contribution in [3.05, 3.63) is 42.1 Å². The zero-order chi connectivity index (χ0) is 10.9. The zero-order valence-corrected chi connectivity index (χ0v) is 7.82. The lowest BCUT2D eigenvalue weighted by Crippen LogP contribution is -2.19. The van der Waals surface area contributed by atoms with Crippen molar-refractivity contribution in [2.45, 2.75) is 5.92 Å². The highest BCUT2D eigenvalue weighted by Gasteiger charge is 2.32. The summed E-state index contributed by atoms with van der Waals surface area (Å²) in [6.45, 7) is -1.21. The third-order valence-corrected chi connectivity index (χ3v) is 2.23. The zero-order valence-electron chi connectivity index (χ0n) is 7.82. The van der Waals surface area contributed by atoms with Crippen LogP contribution in [-0.4, -0.2) is 16.7 Å². The van der Waals surface area contributed by atoms with Gasteiger partial charge in [-0.1, -0.05) is 24.3 Å². The van der Waals surface area contributed by atoms with E-state index >= 15 is 0 Å². The Bertz CT molecular complexity index is 479. The lowest BCUT2D eigenvalue weighted by Gasteiger charge is -2.14. The number of fused-ring (bicyclic) bond motifs is 1. The number of halogens is 2. The lowest BCUT2D eigenvalue weighted by atomic mass is 10.0. The van der Waals surface area contributed by atoms with Crippen LogP contribution in [0.2, 0.25) is 0 Å². The molecule has 0 aliphatic rings. The monoisotopic (exact) mass is 209 g/mol. The fraction of sp³-hybridized carbons (Fsp3) is 0.182. The first-order valence-electron chi connectivity index (χ1n) is 4.48. The van der Waals surface area contributed by atoms with Gasteiger partial charge in [-0.05, 0) is 6.07 Å². The van der Waals surface area contributed by atoms with Gasteiger partial charge >= 0.3 is 0 Å². The Balaban J connectivity index is 2.71. The standard InChI is InChI=1S/C11H9F2NO/c12-11(13,7-15)9-5-1-3-8-4-2-6-14-10(8)9/h1-6,15H,7H2. The minimum absolute atomic E-state index is 0.233. The second kappa shape index (κ2) is 3.55. The Morgan fingerprint density at radius 2 is 1.93 bits per heavy atom. The maximum absolute atomic E-state index is 13.3. The van der Waals surface area contributed by atoms with Crippen molar-refractivity contribution >= 4 is 10.9 Å². The van der Waals surface area contributed by atoms with Gasteiger partial charge in [0, 0.05) is 17.1 Å². The van der Waals surface area contributed by atoms with Crippen LogP contribution in [0.15, 0.2) is 36.5 Å². The summed E-state index contributed by atoms with van der Waals surface area (Å²) in [5.41, 5.74) is 0.00199. The van der Waals surface area contributed by atoms with Gasteiger partial charge in [0.05, 0.1) is 5.52 Å². The first-order valence-corrected chi connectivity index (χ1v) is 4.48. The average Bonchev–Trinajstić information content (AvgIpc) is 2.28. The minimum Gasteiger partial charge on any atom is -0.390 e. The SMILES string of the molecule is OCC(F)(F)c1cccc2cccnc12. The van der Waals surface area contributed by atoms with Crippen molar-refractivity contribution in [2.24, 2.45) is 0 Å². The number of aliphatic hydroxyl groups is 1. The second-order valence-corrected chi connectivity index (χ2v) is 3.24. The summed E-state index contributed by atoms with van der Waals surface area (Å²) in [6, 6.07) is 7.91. The van der Waals surface area contributed by atoms with Crippen LogP contribution < -0.4 is 0 Å². The van der Waals surface area contributed by atoms with Crippen LogP contribution >= 0.6 is 0 Å². The third kappa shape index (κ3) is 1.68. The number of hydrogen-bond donors (Lipinski definition) is 1. The largest absolute Gasteiger partial charge is 0.390 e. The van der Waals surface area contributed by atoms with Gasteiger partial charge in [-0.25, -0.2) is 0 Å². The molecule has 0 radical (unpaired) electrons. The number of para-hydroxylation sites is 1. The molecule has 0 amide bonds. The van der Waals surface area contributed by atoms with E-state index in [0.717, 1.165) is 0 Å². The van der Waals surface area contributed by atoms with Crippen LogP contribution in [0.25, 0.3) is 10.9 Å². The number of rotatable bonds is 2. The molecule has 0 saturated carbocycles. The molecule has 0 fully saturated rings. The summed E-state index contributed by atoms with van der Waals surface area (Å²) >= 11 is 0. The molecular formula is C11H9F2NO. The first-order chi connectivity index (χ1) is 7.15. The average molecular weight is 209 g/mol. The summed E-state index contributed by atoms with van der Waals surface area (Å²) in [5, 5.41) is 9.27. The molecule has 4 heteroatoms. The van der Waals surface area contributed by atoms with Gasteiger partial charge in [0.2, 0.25) is 0 Å². The van der Waals surface area contributed by atoms with E-state index in [-0.39, 0.29) is 11.1 Å². The van der Waals surface area contributed by atoms with Gasteiger partial charge in [-0.3, -0.25) is 4.98 Å². The van der Waals surface area contributed by atoms with Gasteiger partial charge in [0.1, 0.15) is 6.61 Å². The molecule has 15 heavy (non-hydrogen) atoms. The van der Waals surface area contributed by atoms with Crippen LogP contribution in [0, 0.1) is 0 Å². The van der Waals surface area contributed by atoms with E-state index < -0.39 is 12.5 Å². The predicted octanol–water partition coefficient (Wildman–Crippen LogP) is 2.32. The van der Waals surface area contributed by atoms with E-state index in [1.807, 2.05) is 0 Å². The van der Waals surface area contributed by atoms with E-state index in [2.05, 4.69) is 4.98 Å². The smallest absolute Gasteiger partial charge is 0.297 e. The van der Waals surface area contributed by atoms with Crippen molar-refractivity contribution in [1.82, 2.24) is 4.98 Å². The fourth-order valence-electron chi connectivity index (χ4n) is 1.48. The summed E-state index contributed by atoms with van der Waals surface area (Å²) in [4.78, 5) is 3.90. The molecule has 1 heterocycles. The van der Waals surface area contributed by atoms with E-state index in [0.29, 0.717) is 5.39 Å². The van der Waals surface area contributed by atoms with Gasteiger partial charge in [0.25, 0.3) is 5.92 Å². The molecule has 2 rings (SSSR count). The van der Waals surface area contributed by atoms with E-state index in [4.69, 9.17) is 5.11 Å². The van der Waals surface area contributed by atoms with Crippen molar-refractivity contribution in [2.75, 3.05) is 6.61 Å². The second-order valence-electron chi connectivity index (χ2n) is 3.24. The maximum atomic E-state index is 13.3. The van der Waals surface area contributed by atoms with Crippen molar-refractivity contribution in [3.8, 4) is 0 Å². The number of alkyl halides is 2. The highest BCUT2D eigenvalue weighted by molar-refractivity contribution is 5.82. The number of aliphatic hydroxyl groups excluding tert-OH is 1. The Morgan fingerprint density at radius 1 is 1.20 bits per heavy atom. The van der Waals surface area contributed by atoms with E-state index in [9.17, 15) is 8.78 Å². The Morgan fingerprint density at radius 3 is 2.67 bits per heavy atom. The molecule has 1 aromatic carbocycles. The highest BCUT2D eigenvalue weighted by Crippen LogP contribution is 2.31. The van der Waals surface area contributed by atoms with E-state index in [1.165, 1.54) is 18.3 Å². The maximum Gasteiger partial charge on any atom is 0.297 e. The van der Waals surface area contributed by atoms with Crippen LogP contribution in [0.1, 0.15) is 5.56 Å². The van der Waals surface area contributed by atoms with Gasteiger partial charge < -0.3 is 5.11 Å². The molecule has 0 spiro atoms. The summed E-state index contributed by atoms with van der Waals surface area (Å²) in [7, 11) is 0. The number of nitrogens with zero attached hydrogens (tertiary/aromatic N) is 1. The molecule has 2 nitrogen and oxygen atoms in total. The molecule has 1 aromatic heterocycles. The molecule has 2 aromatic rings. The van der Waals surface area contributed by atoms with Crippen LogP contribution in [-0.2, 0) is 5.92 Å². The number of benzene rings is 1. The molecule has 0 unspecified atom stereocenters. The Labute approximate surface area is 85.2 Å². The van der Waals surface area contributed by atoms with Crippen molar-refractivity contribution in [3.63, 3.8) is 0 Å². The van der Waals surface area contributed by atoms with Crippen molar-refractivity contribution in [1.29, 1.82) is 0 Å². The lowest BCUT2D eigenvalue weighted by molar-refractivity contribution is -0.0544. The van der Waals surface area contributed by atoms with Gasteiger partial charge in [-0.15, -0.1) is 0 Å². The van der Waals surface area contributed by atoms with Crippen LogP contribution in [0.5, 0.6) is 0 Å². The Hall–Kier alpha value is -1.55. The molecule has 0 bridgehead atoms. The molecule has 0 aliphatic heterocycles. The van der Waals surface area contributed by atoms with Gasteiger partial charge in [0.15, 0.2) is 0 Å². The highest BCUT2D eigenvalue weighted by atomic mass is 19.3. The molecule has 78 valence electrons. The van der Waals surface area contributed by atoms with Crippen LogP contribution in [0.4, 0.5) is 8.78 Å². The normalized spacial score (nSPS) is 11.9. The number of aromatic nitrogens is 1. The molecular weight excluding hydrogens is 200 g/mol. The van der Waals surface area contributed by atoms with Crippen LogP contribution in [0.3, 0.4) is 0 Å². The quantitative estimate of drug-likeness (QED) is 0.823. The molecule has 0 aliphatic carbocycles. The first kappa shape index (κ1) is 9.98. The number of hydrogen-bond acceptors (Lipinski definition) is 2. The number of pyridine rings is 1. The minimum atomic E-state index is -3.24. The summed E-state index contributed by atoms with van der Waals surface area (Å²) < 4.78 is 26.7. The third-order valence-electron chi connectivity index (χ3n) is 2.23. The fourth-order valence-corrected chi connectivity index (χ4v) is 1.48. The summed E-state index contributed by atoms with van der Waals surface area (Å²) in [6.07, 6.45) is 1.46. The topological polar surface area (TPSA) is 33.1 Å². The molecule has 0 saturated heterocycles. The Kier molecular flexibility index (Phi) is 2.36. The molecule has 1 N–H and O–H groups in total. The van der Waals surface area contributed by atoms with E-state index in [1.54, 1.807) is 18.2 Å². The van der Waals surface area contributed by atoms with Gasteiger partial charge in [-0.2, -0.15) is 8.78 Å². The summed E-state index contributed by atoms with van der Waals surface area (Å²) in [5.74, 6) is -3.24. The predicted molar refractivity (Wildman–Crippen MR) is 52.7 cm³/mol. The van der Waals surface area contributed by atoms with Crippen molar-refractivity contribution < 1.29 is 13.9 Å².